The van der Waals surface area contributed by atoms with E-state index in [1.807, 2.05) is 32.2 Å². The third-order valence-corrected chi connectivity index (χ3v) is 5.64. The van der Waals surface area contributed by atoms with Gasteiger partial charge in [-0.25, -0.2) is 9.98 Å². The fourth-order valence-electron chi connectivity index (χ4n) is 2.94. The first-order chi connectivity index (χ1) is 14.1. The molecule has 1 aliphatic heterocycles. The number of ether oxygens (including phenoxy) is 3. The van der Waals surface area contributed by atoms with E-state index >= 15 is 0 Å². The molecule has 0 fully saturated rings. The van der Waals surface area contributed by atoms with Crippen LogP contribution < -0.4 is 14.8 Å². The first-order valence-electron chi connectivity index (χ1n) is 9.95. The average molecular weight is 546 g/mol. The molecular formula is C21H31IN4O3S. The Morgan fingerprint density at radius 3 is 2.83 bits per heavy atom. The average Bonchev–Trinajstić information content (AvgIpc) is 3.06. The molecule has 0 amide bonds. The normalized spacial score (nSPS) is 14.5. The maximum atomic E-state index is 5.78. The number of aliphatic imine (C=N–C) groups is 1. The summed E-state index contributed by atoms with van der Waals surface area (Å²) < 4.78 is 16.8. The summed E-state index contributed by atoms with van der Waals surface area (Å²) >= 11 is 1.63. The Morgan fingerprint density at radius 2 is 2.10 bits per heavy atom. The third-order valence-electron chi connectivity index (χ3n) is 4.59. The molecule has 1 aliphatic rings. The predicted octanol–water partition coefficient (Wildman–Crippen LogP) is 4.23. The second-order valence-electron chi connectivity index (χ2n) is 6.91. The lowest BCUT2D eigenvalue weighted by Crippen LogP contribution is -2.38. The Kier molecular flexibility index (Phi) is 10.1. The second kappa shape index (κ2) is 12.3. The van der Waals surface area contributed by atoms with Crippen LogP contribution >= 0.6 is 35.3 Å². The van der Waals surface area contributed by atoms with Crippen molar-refractivity contribution >= 4 is 41.3 Å². The quantitative estimate of drug-likeness (QED) is 0.319. The Labute approximate surface area is 199 Å². The summed E-state index contributed by atoms with van der Waals surface area (Å²) in [5.41, 5.74) is 2.10. The summed E-state index contributed by atoms with van der Waals surface area (Å²) in [4.78, 5) is 11.6. The van der Waals surface area contributed by atoms with Crippen molar-refractivity contribution in [3.05, 3.63) is 39.8 Å². The van der Waals surface area contributed by atoms with E-state index in [4.69, 9.17) is 19.2 Å². The molecule has 166 valence electrons. The van der Waals surface area contributed by atoms with Gasteiger partial charge in [0.05, 0.1) is 32.0 Å². The zero-order chi connectivity index (χ0) is 20.6. The summed E-state index contributed by atoms with van der Waals surface area (Å²) in [7, 11) is 3.72. The van der Waals surface area contributed by atoms with Crippen LogP contribution in [0.1, 0.15) is 42.6 Å². The van der Waals surface area contributed by atoms with E-state index in [-0.39, 0.29) is 30.1 Å². The summed E-state index contributed by atoms with van der Waals surface area (Å²) in [6, 6.07) is 6.03. The molecule has 0 saturated heterocycles. The number of nitrogens with zero attached hydrogens (tertiary/aromatic N) is 3. The number of benzene rings is 1. The van der Waals surface area contributed by atoms with Gasteiger partial charge in [-0.15, -0.1) is 35.3 Å². The molecule has 3 rings (SSSR count). The van der Waals surface area contributed by atoms with Crippen LogP contribution in [0.5, 0.6) is 11.5 Å². The molecule has 1 unspecified atom stereocenters. The molecule has 7 nitrogen and oxygen atoms in total. The van der Waals surface area contributed by atoms with E-state index in [1.165, 1.54) is 0 Å². The van der Waals surface area contributed by atoms with Gasteiger partial charge in [-0.3, -0.25) is 0 Å². The van der Waals surface area contributed by atoms with E-state index < -0.39 is 0 Å². The topological polar surface area (TPSA) is 68.2 Å². The Morgan fingerprint density at radius 1 is 1.33 bits per heavy atom. The Hall–Kier alpha value is -1.59. The van der Waals surface area contributed by atoms with Crippen LogP contribution in [-0.4, -0.2) is 49.8 Å². The number of guanidine groups is 1. The fourth-order valence-corrected chi connectivity index (χ4v) is 3.78. The van der Waals surface area contributed by atoms with Gasteiger partial charge in [0, 0.05) is 32.5 Å². The maximum Gasteiger partial charge on any atom is 0.194 e. The fraction of sp³-hybridized carbons (Fsp3) is 0.524. The monoisotopic (exact) mass is 546 g/mol. The number of hydrogen-bond donors (Lipinski definition) is 1. The first kappa shape index (κ1) is 24.7. The SMILES string of the molecule is CCNC(=NCc1ccc2c(c1)OCCCO2)N(C)Cc1csc(C(C)OC)n1.I. The second-order valence-corrected chi connectivity index (χ2v) is 7.80. The van der Waals surface area contributed by atoms with Gasteiger partial charge in [0.2, 0.25) is 0 Å². The summed E-state index contributed by atoms with van der Waals surface area (Å²) in [5, 5.41) is 6.43. The van der Waals surface area contributed by atoms with Gasteiger partial charge in [0.1, 0.15) is 11.1 Å². The van der Waals surface area contributed by atoms with Gasteiger partial charge < -0.3 is 24.4 Å². The third kappa shape index (κ3) is 6.71. The van der Waals surface area contributed by atoms with Crippen molar-refractivity contribution in [1.29, 1.82) is 0 Å². The molecule has 1 atom stereocenters. The van der Waals surface area contributed by atoms with Crippen LogP contribution in [0.15, 0.2) is 28.6 Å². The molecule has 1 aromatic heterocycles. The zero-order valence-corrected chi connectivity index (χ0v) is 21.2. The van der Waals surface area contributed by atoms with Crippen molar-refractivity contribution in [1.82, 2.24) is 15.2 Å². The lowest BCUT2D eigenvalue weighted by atomic mass is 10.2. The Bertz CT molecular complexity index is 830. The van der Waals surface area contributed by atoms with E-state index in [1.54, 1.807) is 18.4 Å². The van der Waals surface area contributed by atoms with E-state index in [9.17, 15) is 0 Å². The van der Waals surface area contributed by atoms with E-state index in [0.29, 0.717) is 26.3 Å². The van der Waals surface area contributed by atoms with Gasteiger partial charge in [-0.05, 0) is 31.5 Å². The highest BCUT2D eigenvalue weighted by molar-refractivity contribution is 14.0. The zero-order valence-electron chi connectivity index (χ0n) is 18.0. The van der Waals surface area contributed by atoms with Crippen molar-refractivity contribution in [3.8, 4) is 11.5 Å². The molecule has 2 heterocycles. The van der Waals surface area contributed by atoms with Crippen LogP contribution in [0.4, 0.5) is 0 Å². The molecule has 9 heteroatoms. The standard InChI is InChI=1S/C21H30N4O3S.HI/c1-5-22-21(25(3)13-17-14-29-20(24-17)15(2)26-4)23-12-16-7-8-18-19(11-16)28-10-6-9-27-18;/h7-8,11,14-15H,5-6,9-10,12-13H2,1-4H3,(H,22,23);1H. The number of fused-ring (bicyclic) bond motifs is 1. The minimum Gasteiger partial charge on any atom is -0.490 e. The van der Waals surface area contributed by atoms with Crippen LogP contribution in [0.2, 0.25) is 0 Å². The minimum atomic E-state index is 0. The number of thiazole rings is 1. The van der Waals surface area contributed by atoms with Crippen molar-refractivity contribution in [2.45, 2.75) is 39.5 Å². The molecule has 0 aliphatic carbocycles. The first-order valence-corrected chi connectivity index (χ1v) is 10.8. The predicted molar refractivity (Wildman–Crippen MR) is 131 cm³/mol. The van der Waals surface area contributed by atoms with Crippen molar-refractivity contribution in [2.24, 2.45) is 4.99 Å². The van der Waals surface area contributed by atoms with Gasteiger partial charge in [0.25, 0.3) is 0 Å². The highest BCUT2D eigenvalue weighted by Crippen LogP contribution is 2.30. The van der Waals surface area contributed by atoms with Gasteiger partial charge in [-0.2, -0.15) is 0 Å². The number of methoxy groups -OCH3 is 1. The molecule has 30 heavy (non-hydrogen) atoms. The lowest BCUT2D eigenvalue weighted by Gasteiger charge is -2.21. The summed E-state index contributed by atoms with van der Waals surface area (Å²) in [6.45, 7) is 7.49. The number of halogens is 1. The molecule has 0 radical (unpaired) electrons. The van der Waals surface area contributed by atoms with Crippen molar-refractivity contribution in [2.75, 3.05) is 33.9 Å². The van der Waals surface area contributed by atoms with Crippen LogP contribution in [-0.2, 0) is 17.8 Å². The maximum absolute atomic E-state index is 5.78. The van der Waals surface area contributed by atoms with Crippen LogP contribution in [0, 0.1) is 0 Å². The summed E-state index contributed by atoms with van der Waals surface area (Å²) in [6.07, 6.45) is 0.916. The number of nitrogens with one attached hydrogen (secondary N) is 1. The van der Waals surface area contributed by atoms with Crippen molar-refractivity contribution < 1.29 is 14.2 Å². The van der Waals surface area contributed by atoms with Crippen LogP contribution in [0.25, 0.3) is 0 Å². The van der Waals surface area contributed by atoms with Gasteiger partial charge in [-0.1, -0.05) is 6.07 Å². The molecule has 1 N–H and O–H groups in total. The number of rotatable bonds is 7. The molecular weight excluding hydrogens is 515 g/mol. The minimum absolute atomic E-state index is 0. The molecule has 1 aromatic carbocycles. The van der Waals surface area contributed by atoms with Gasteiger partial charge in [0.15, 0.2) is 17.5 Å². The smallest absolute Gasteiger partial charge is 0.194 e. The largest absolute Gasteiger partial charge is 0.490 e. The Balaban J connectivity index is 0.00000320. The van der Waals surface area contributed by atoms with Crippen molar-refractivity contribution in [3.63, 3.8) is 0 Å². The molecule has 2 aromatic rings. The highest BCUT2D eigenvalue weighted by Gasteiger charge is 2.14. The van der Waals surface area contributed by atoms with E-state index in [0.717, 1.165) is 46.7 Å². The number of aromatic nitrogens is 1. The molecule has 0 saturated carbocycles. The lowest BCUT2D eigenvalue weighted by molar-refractivity contribution is 0.119. The summed E-state index contributed by atoms with van der Waals surface area (Å²) in [5.74, 6) is 2.45. The number of hydrogen-bond acceptors (Lipinski definition) is 6. The highest BCUT2D eigenvalue weighted by atomic mass is 127. The van der Waals surface area contributed by atoms with Gasteiger partial charge >= 0.3 is 0 Å². The molecule has 0 spiro atoms. The van der Waals surface area contributed by atoms with E-state index in [2.05, 4.69) is 27.5 Å². The van der Waals surface area contributed by atoms with Crippen LogP contribution in [0.3, 0.4) is 0 Å². The molecule has 0 bridgehead atoms.